The zero-order chi connectivity index (χ0) is 36.9. The van der Waals surface area contributed by atoms with Crippen LogP contribution in [0.1, 0.15) is 63.7 Å². The number of aromatic carboxylic acids is 1. The Hall–Kier alpha value is -5.33. The Morgan fingerprint density at radius 3 is 2.55 bits per heavy atom. The Labute approximate surface area is 312 Å². The molecule has 2 aromatic heterocycles. The van der Waals surface area contributed by atoms with Crippen molar-refractivity contribution < 1.29 is 29.0 Å². The van der Waals surface area contributed by atoms with Gasteiger partial charge in [-0.25, -0.2) is 14.8 Å². The fourth-order valence-corrected chi connectivity index (χ4v) is 8.17. The van der Waals surface area contributed by atoms with E-state index in [9.17, 15) is 19.5 Å². The van der Waals surface area contributed by atoms with E-state index in [2.05, 4.69) is 20.2 Å². The van der Waals surface area contributed by atoms with Crippen LogP contribution in [-0.4, -0.2) is 77.2 Å². The van der Waals surface area contributed by atoms with Gasteiger partial charge in [0.05, 0.1) is 30.0 Å². The van der Waals surface area contributed by atoms with E-state index in [1.165, 1.54) is 11.3 Å². The number of piperidine rings is 1. The van der Waals surface area contributed by atoms with Crippen molar-refractivity contribution in [3.8, 4) is 16.9 Å². The monoisotopic (exact) mass is 733 g/mol. The summed E-state index contributed by atoms with van der Waals surface area (Å²) in [5.74, 6) is 0.248. The van der Waals surface area contributed by atoms with E-state index in [4.69, 9.17) is 9.47 Å². The minimum atomic E-state index is -1.12. The average Bonchev–Trinajstić information content (AvgIpc) is 3.58. The molecule has 4 heterocycles. The number of aromatic nitrogens is 2. The number of hydrogen-bond donors (Lipinski definition) is 2. The second-order valence-corrected chi connectivity index (χ2v) is 14.5. The molecule has 53 heavy (non-hydrogen) atoms. The molecule has 0 spiro atoms. The van der Waals surface area contributed by atoms with Crippen LogP contribution in [0.15, 0.2) is 72.8 Å². The number of anilines is 2. The molecule has 1 saturated heterocycles. The third-order valence-electron chi connectivity index (χ3n) is 10.2. The molecule has 0 aliphatic carbocycles. The number of benzene rings is 3. The van der Waals surface area contributed by atoms with Crippen LogP contribution in [0.2, 0.25) is 0 Å². The molecule has 274 valence electrons. The number of likely N-dealkylation sites (tertiary alicyclic amines) is 1. The maximum absolute atomic E-state index is 13.5. The number of esters is 1. The van der Waals surface area contributed by atoms with E-state index in [-0.39, 0.29) is 17.6 Å². The lowest BCUT2D eigenvalue weighted by atomic mass is 9.94. The van der Waals surface area contributed by atoms with Crippen LogP contribution in [0.5, 0.6) is 5.75 Å². The number of ether oxygens (including phenoxy) is 2. The van der Waals surface area contributed by atoms with Gasteiger partial charge in [0.2, 0.25) is 0 Å². The third kappa shape index (κ3) is 8.18. The van der Waals surface area contributed by atoms with E-state index in [1.807, 2.05) is 91.5 Å². The molecule has 0 saturated carbocycles. The maximum atomic E-state index is 13.5. The summed E-state index contributed by atoms with van der Waals surface area (Å²) in [6.07, 6.45) is 3.60. The quantitative estimate of drug-likeness (QED) is 0.127. The van der Waals surface area contributed by atoms with E-state index in [0.717, 1.165) is 64.8 Å². The topological polar surface area (TPSA) is 134 Å². The van der Waals surface area contributed by atoms with Crippen molar-refractivity contribution >= 4 is 50.3 Å². The van der Waals surface area contributed by atoms with E-state index >= 15 is 0 Å². The molecule has 0 atom stereocenters. The smallest absolute Gasteiger partial charge is 0.355 e. The van der Waals surface area contributed by atoms with Gasteiger partial charge in [-0.05, 0) is 117 Å². The number of carboxylic acid groups (broad SMARTS) is 1. The highest BCUT2D eigenvalue weighted by Crippen LogP contribution is 2.35. The number of amides is 1. The van der Waals surface area contributed by atoms with Gasteiger partial charge in [0.15, 0.2) is 10.8 Å². The number of nitrogens with one attached hydrogen (secondary N) is 1. The van der Waals surface area contributed by atoms with Crippen molar-refractivity contribution in [3.05, 3.63) is 101 Å². The number of carbonyl (C=O) groups excluding carboxylic acids is 2. The van der Waals surface area contributed by atoms with E-state index in [0.29, 0.717) is 73.0 Å². The van der Waals surface area contributed by atoms with Gasteiger partial charge in [0.25, 0.3) is 5.91 Å². The first kappa shape index (κ1) is 36.0. The Kier molecular flexibility index (Phi) is 11.0. The van der Waals surface area contributed by atoms with Crippen molar-refractivity contribution in [2.75, 3.05) is 49.6 Å². The lowest BCUT2D eigenvalue weighted by Crippen LogP contribution is -2.38. The Morgan fingerprint density at radius 1 is 0.943 bits per heavy atom. The van der Waals surface area contributed by atoms with Crippen LogP contribution in [0.3, 0.4) is 0 Å². The first-order chi connectivity index (χ1) is 25.8. The fourth-order valence-electron chi connectivity index (χ4n) is 7.31. The second kappa shape index (κ2) is 16.1. The summed E-state index contributed by atoms with van der Waals surface area (Å²) in [7, 11) is 0. The molecule has 0 unspecified atom stereocenters. The molecule has 1 fully saturated rings. The van der Waals surface area contributed by atoms with Crippen LogP contribution < -0.4 is 15.0 Å². The first-order valence-electron chi connectivity index (χ1n) is 18.1. The summed E-state index contributed by atoms with van der Waals surface area (Å²) < 4.78 is 12.3. The van der Waals surface area contributed by atoms with Crippen LogP contribution in [-0.2, 0) is 22.5 Å². The van der Waals surface area contributed by atoms with Crippen molar-refractivity contribution in [2.24, 2.45) is 5.92 Å². The predicted molar refractivity (Wildman–Crippen MR) is 206 cm³/mol. The molecule has 5 aromatic rings. The maximum Gasteiger partial charge on any atom is 0.355 e. The van der Waals surface area contributed by atoms with Gasteiger partial charge < -0.3 is 19.5 Å². The van der Waals surface area contributed by atoms with Crippen LogP contribution in [0.25, 0.3) is 21.3 Å². The highest BCUT2D eigenvalue weighted by atomic mass is 32.1. The van der Waals surface area contributed by atoms with Gasteiger partial charge in [-0.1, -0.05) is 47.7 Å². The number of carboxylic acids is 1. The molecule has 1 amide bonds. The third-order valence-corrected chi connectivity index (χ3v) is 11.1. The summed E-state index contributed by atoms with van der Waals surface area (Å²) >= 11 is 1.43. The second-order valence-electron chi connectivity index (χ2n) is 13.5. The van der Waals surface area contributed by atoms with Gasteiger partial charge in [0.1, 0.15) is 11.6 Å². The van der Waals surface area contributed by atoms with Crippen molar-refractivity contribution in [1.82, 2.24) is 14.9 Å². The van der Waals surface area contributed by atoms with E-state index < -0.39 is 5.97 Å². The van der Waals surface area contributed by atoms with Crippen LogP contribution >= 0.6 is 11.3 Å². The largest absolute Gasteiger partial charge is 0.493 e. The summed E-state index contributed by atoms with van der Waals surface area (Å²) in [4.78, 5) is 51.5. The van der Waals surface area contributed by atoms with Crippen molar-refractivity contribution in [2.45, 2.75) is 46.1 Å². The number of thiazole rings is 1. The SMILES string of the molecule is CCOC(=O)CN1CCC(CCOc2cccc(-c3ccc(N4CCc5cccc(C(=O)Nc6nc7ccccc7s6)c5C4)nc3C(=O)O)c2C)CC1. The molecule has 7 rings (SSSR count). The number of rotatable bonds is 12. The summed E-state index contributed by atoms with van der Waals surface area (Å²) in [5.41, 5.74) is 5.46. The lowest BCUT2D eigenvalue weighted by molar-refractivity contribution is -0.144. The number of carbonyl (C=O) groups is 3. The van der Waals surface area contributed by atoms with Gasteiger partial charge in [-0.15, -0.1) is 0 Å². The van der Waals surface area contributed by atoms with Gasteiger partial charge in [-0.2, -0.15) is 0 Å². The molecule has 2 aliphatic heterocycles. The van der Waals surface area contributed by atoms with Crippen LogP contribution in [0, 0.1) is 12.8 Å². The Balaban J connectivity index is 1.03. The lowest BCUT2D eigenvalue weighted by Gasteiger charge is -2.31. The molecule has 11 nitrogen and oxygen atoms in total. The molecular weight excluding hydrogens is 691 g/mol. The Bertz CT molecular complexity index is 2110. The van der Waals surface area contributed by atoms with Crippen molar-refractivity contribution in [1.29, 1.82) is 0 Å². The summed E-state index contributed by atoms with van der Waals surface area (Å²) in [6, 6.07) is 22.9. The highest BCUT2D eigenvalue weighted by Gasteiger charge is 2.26. The van der Waals surface area contributed by atoms with Gasteiger partial charge >= 0.3 is 11.9 Å². The van der Waals surface area contributed by atoms with Gasteiger partial charge in [0, 0.05) is 24.2 Å². The summed E-state index contributed by atoms with van der Waals surface area (Å²) in [5, 5.41) is 13.9. The number of hydrogen-bond acceptors (Lipinski definition) is 10. The van der Waals surface area contributed by atoms with Crippen molar-refractivity contribution in [3.63, 3.8) is 0 Å². The Morgan fingerprint density at radius 2 is 1.75 bits per heavy atom. The number of para-hydroxylation sites is 1. The van der Waals surface area contributed by atoms with E-state index in [1.54, 1.807) is 0 Å². The van der Waals surface area contributed by atoms with Gasteiger partial charge in [-0.3, -0.25) is 19.8 Å². The highest BCUT2D eigenvalue weighted by molar-refractivity contribution is 7.22. The predicted octanol–water partition coefficient (Wildman–Crippen LogP) is 7.22. The molecule has 0 radical (unpaired) electrons. The number of pyridine rings is 1. The number of fused-ring (bicyclic) bond motifs is 2. The standard InChI is InChI=1S/C41H43N5O6S/c1-3-51-37(47)25-45-20-16-27(17-21-45)19-23-52-34-12-7-9-29(26(34)2)30-14-15-36(43-38(30)40(49)50)46-22-18-28-8-6-10-31(32(28)24-46)39(48)44-41-42-33-11-4-5-13-35(33)53-41/h4-15,27H,3,16-25H2,1-2H3,(H,49,50)(H,42,44,48). The molecule has 12 heteroatoms. The first-order valence-corrected chi connectivity index (χ1v) is 19.0. The molecule has 2 aliphatic rings. The zero-order valence-electron chi connectivity index (χ0n) is 30.0. The molecule has 0 bridgehead atoms. The average molecular weight is 734 g/mol. The minimum Gasteiger partial charge on any atom is -0.493 e. The number of nitrogens with zero attached hydrogens (tertiary/aromatic N) is 4. The van der Waals surface area contributed by atoms with Crippen LogP contribution in [0.4, 0.5) is 10.9 Å². The summed E-state index contributed by atoms with van der Waals surface area (Å²) in [6.45, 7) is 7.84. The minimum absolute atomic E-state index is 0.0370. The fraction of sp³-hybridized carbons (Fsp3) is 0.341. The molecule has 3 aromatic carbocycles. The molecule has 2 N–H and O–H groups in total. The normalized spacial score (nSPS) is 14.9. The molecular formula is C41H43N5O6S. The zero-order valence-corrected chi connectivity index (χ0v) is 30.8.